The molecule has 4 rings (SSSR count). The van der Waals surface area contributed by atoms with E-state index in [4.69, 9.17) is 4.98 Å². The summed E-state index contributed by atoms with van der Waals surface area (Å²) in [4.78, 5) is 18.5. The molecule has 0 bridgehead atoms. The van der Waals surface area contributed by atoms with E-state index in [9.17, 15) is 4.79 Å². The van der Waals surface area contributed by atoms with Crippen molar-refractivity contribution in [3.8, 4) is 0 Å². The van der Waals surface area contributed by atoms with E-state index in [1.807, 2.05) is 30.3 Å². The number of carbonyl (C=O) groups excluding carboxylic acids is 1. The van der Waals surface area contributed by atoms with E-state index in [2.05, 4.69) is 53.5 Å². The first-order valence-corrected chi connectivity index (χ1v) is 8.78. The Bertz CT molecular complexity index is 1020. The van der Waals surface area contributed by atoms with Gasteiger partial charge in [0.25, 0.3) is 0 Å². The summed E-state index contributed by atoms with van der Waals surface area (Å²) in [6.07, 6.45) is 8.32. The van der Waals surface area contributed by atoms with Gasteiger partial charge in [-0.25, -0.2) is 4.98 Å². The zero-order valence-corrected chi connectivity index (χ0v) is 14.7. The lowest BCUT2D eigenvalue weighted by Crippen LogP contribution is -2.30. The highest BCUT2D eigenvalue weighted by atomic mass is 16.1. The molecule has 0 aliphatic carbocycles. The van der Waals surface area contributed by atoms with Crippen LogP contribution in [0, 0.1) is 0 Å². The topological polar surface area (TPSA) is 33.2 Å². The summed E-state index contributed by atoms with van der Waals surface area (Å²) < 4.78 is 0. The lowest BCUT2D eigenvalue weighted by molar-refractivity contribution is -0.115. The van der Waals surface area contributed by atoms with E-state index in [0.29, 0.717) is 6.54 Å². The Morgan fingerprint density at radius 3 is 2.69 bits per heavy atom. The van der Waals surface area contributed by atoms with Crippen molar-refractivity contribution in [3.05, 3.63) is 77.5 Å². The molecule has 3 heteroatoms. The number of pyridine rings is 1. The van der Waals surface area contributed by atoms with Crippen molar-refractivity contribution in [1.29, 1.82) is 0 Å². The summed E-state index contributed by atoms with van der Waals surface area (Å²) in [5.41, 5.74) is 5.21. The number of carbonyl (C=O) groups is 1. The molecule has 0 N–H and O–H groups in total. The molecule has 0 saturated heterocycles. The van der Waals surface area contributed by atoms with Gasteiger partial charge in [-0.2, -0.15) is 0 Å². The van der Waals surface area contributed by atoms with Crippen molar-refractivity contribution >= 4 is 40.6 Å². The zero-order chi connectivity index (χ0) is 17.9. The number of fused-ring (bicyclic) bond motifs is 3. The average molecular weight is 340 g/mol. The maximum Gasteiger partial charge on any atom is 0.149 e. The lowest BCUT2D eigenvalue weighted by atomic mass is 10.0. The molecule has 2 aromatic carbocycles. The van der Waals surface area contributed by atoms with E-state index in [1.165, 1.54) is 0 Å². The first-order chi connectivity index (χ1) is 12.7. The fourth-order valence-corrected chi connectivity index (χ4v) is 3.31. The maximum absolute atomic E-state index is 11.6. The summed E-state index contributed by atoms with van der Waals surface area (Å²) in [5.74, 6) is 0.166. The molecule has 0 fully saturated rings. The molecule has 1 aromatic heterocycles. The van der Waals surface area contributed by atoms with Gasteiger partial charge in [0, 0.05) is 23.2 Å². The Balaban J connectivity index is 1.75. The van der Waals surface area contributed by atoms with Crippen molar-refractivity contribution in [3.63, 3.8) is 0 Å². The van der Waals surface area contributed by atoms with Gasteiger partial charge in [-0.1, -0.05) is 60.7 Å². The number of rotatable bonds is 4. The number of hydrogen-bond donors (Lipinski definition) is 0. The van der Waals surface area contributed by atoms with Gasteiger partial charge in [0.1, 0.15) is 5.78 Å². The predicted molar refractivity (Wildman–Crippen MR) is 109 cm³/mol. The Morgan fingerprint density at radius 2 is 1.88 bits per heavy atom. The molecule has 0 spiro atoms. The summed E-state index contributed by atoms with van der Waals surface area (Å²) in [6.45, 7) is 2.81. The maximum atomic E-state index is 11.6. The van der Waals surface area contributed by atoms with Gasteiger partial charge in [0.05, 0.1) is 17.8 Å². The minimum atomic E-state index is 0.166. The molecular weight excluding hydrogens is 320 g/mol. The molecule has 2 heterocycles. The molecule has 1 aliphatic heterocycles. The molecule has 0 saturated carbocycles. The molecule has 1 aliphatic rings. The minimum absolute atomic E-state index is 0.166. The summed E-state index contributed by atoms with van der Waals surface area (Å²) in [5, 5.41) is 1.11. The fraction of sp³-hybridized carbons (Fsp3) is 0.130. The molecule has 0 amide bonds. The highest BCUT2D eigenvalue weighted by molar-refractivity contribution is 5.96. The molecule has 0 unspecified atom stereocenters. The van der Waals surface area contributed by atoms with E-state index < -0.39 is 0 Å². The molecular formula is C23H20N2O. The first kappa shape index (κ1) is 16.3. The Kier molecular flexibility index (Phi) is 4.36. The van der Waals surface area contributed by atoms with Crippen LogP contribution in [0.1, 0.15) is 23.7 Å². The molecule has 3 aromatic rings. The number of anilines is 1. The SMILES string of the molecule is CC(=O)CN1CC=Cc2c1ccc1ccc(C=Cc3ccccc3)nc21. The molecule has 128 valence electrons. The number of ketones is 1. The van der Waals surface area contributed by atoms with E-state index in [-0.39, 0.29) is 5.78 Å². The van der Waals surface area contributed by atoms with Gasteiger partial charge in [-0.3, -0.25) is 4.79 Å². The van der Waals surface area contributed by atoms with Gasteiger partial charge in [-0.05, 0) is 30.7 Å². The van der Waals surface area contributed by atoms with E-state index in [0.717, 1.165) is 40.0 Å². The third-order valence-corrected chi connectivity index (χ3v) is 4.51. The highest BCUT2D eigenvalue weighted by Gasteiger charge is 2.17. The number of Topliss-reactive ketones (excluding diaryl/α,β-unsaturated/α-hetero) is 1. The van der Waals surface area contributed by atoms with Crippen molar-refractivity contribution < 1.29 is 4.79 Å². The summed E-state index contributed by atoms with van der Waals surface area (Å²) in [7, 11) is 0. The second-order valence-electron chi connectivity index (χ2n) is 6.54. The zero-order valence-electron chi connectivity index (χ0n) is 14.7. The Hall–Kier alpha value is -3.20. The van der Waals surface area contributed by atoms with Gasteiger partial charge < -0.3 is 4.90 Å². The smallest absolute Gasteiger partial charge is 0.149 e. The molecule has 3 nitrogen and oxygen atoms in total. The first-order valence-electron chi connectivity index (χ1n) is 8.78. The summed E-state index contributed by atoms with van der Waals surface area (Å²) in [6, 6.07) is 18.5. The van der Waals surface area contributed by atoms with Crippen LogP contribution in [0.4, 0.5) is 5.69 Å². The summed E-state index contributed by atoms with van der Waals surface area (Å²) >= 11 is 0. The fourth-order valence-electron chi connectivity index (χ4n) is 3.31. The van der Waals surface area contributed by atoms with Crippen LogP contribution in [0.15, 0.2) is 60.7 Å². The van der Waals surface area contributed by atoms with Crippen molar-refractivity contribution in [2.24, 2.45) is 0 Å². The highest BCUT2D eigenvalue weighted by Crippen LogP contribution is 2.32. The van der Waals surface area contributed by atoms with Crippen LogP contribution in [-0.2, 0) is 4.79 Å². The van der Waals surface area contributed by atoms with E-state index >= 15 is 0 Å². The third-order valence-electron chi connectivity index (χ3n) is 4.51. The number of hydrogen-bond acceptors (Lipinski definition) is 3. The number of nitrogens with zero attached hydrogens (tertiary/aromatic N) is 2. The van der Waals surface area contributed by atoms with Crippen molar-refractivity contribution in [2.75, 3.05) is 18.0 Å². The van der Waals surface area contributed by atoms with Gasteiger partial charge >= 0.3 is 0 Å². The Morgan fingerprint density at radius 1 is 1.08 bits per heavy atom. The van der Waals surface area contributed by atoms with Gasteiger partial charge in [0.15, 0.2) is 0 Å². The number of benzene rings is 2. The quantitative estimate of drug-likeness (QED) is 0.682. The van der Waals surface area contributed by atoms with Gasteiger partial charge in [0.2, 0.25) is 0 Å². The molecule has 26 heavy (non-hydrogen) atoms. The lowest BCUT2D eigenvalue weighted by Gasteiger charge is -2.27. The largest absolute Gasteiger partial charge is 0.360 e. The number of aromatic nitrogens is 1. The van der Waals surface area contributed by atoms with Crippen LogP contribution in [0.3, 0.4) is 0 Å². The standard InChI is InChI=1S/C23H20N2O/c1-17(26)16-25-15-5-8-21-22(25)14-11-19-10-13-20(24-23(19)21)12-9-18-6-3-2-4-7-18/h2-14H,15-16H2,1H3. The average Bonchev–Trinajstić information content (AvgIpc) is 2.67. The van der Waals surface area contributed by atoms with E-state index in [1.54, 1.807) is 6.92 Å². The van der Waals surface area contributed by atoms with Crippen molar-refractivity contribution in [1.82, 2.24) is 4.98 Å². The third kappa shape index (κ3) is 3.29. The second-order valence-corrected chi connectivity index (χ2v) is 6.54. The van der Waals surface area contributed by atoms with Gasteiger partial charge in [-0.15, -0.1) is 0 Å². The van der Waals surface area contributed by atoms with Crippen LogP contribution in [-0.4, -0.2) is 23.9 Å². The molecule has 0 radical (unpaired) electrons. The Labute approximate surface area is 153 Å². The van der Waals surface area contributed by atoms with Crippen LogP contribution < -0.4 is 4.90 Å². The van der Waals surface area contributed by atoms with Crippen LogP contribution >= 0.6 is 0 Å². The second kappa shape index (κ2) is 6.96. The normalized spacial score (nSPS) is 13.3. The molecule has 0 atom stereocenters. The monoisotopic (exact) mass is 340 g/mol. The van der Waals surface area contributed by atoms with Crippen LogP contribution in [0.2, 0.25) is 0 Å². The minimum Gasteiger partial charge on any atom is -0.360 e. The van der Waals surface area contributed by atoms with Crippen LogP contribution in [0.5, 0.6) is 0 Å². The predicted octanol–water partition coefficient (Wildman–Crippen LogP) is 4.83. The van der Waals surface area contributed by atoms with Crippen molar-refractivity contribution in [2.45, 2.75) is 6.92 Å². The van der Waals surface area contributed by atoms with Crippen LogP contribution in [0.25, 0.3) is 29.1 Å².